The molecule has 33 heavy (non-hydrogen) atoms. The van der Waals surface area contributed by atoms with Crippen molar-refractivity contribution in [3.05, 3.63) is 90.1 Å². The van der Waals surface area contributed by atoms with Crippen LogP contribution >= 0.6 is 11.8 Å². The summed E-state index contributed by atoms with van der Waals surface area (Å²) in [5.41, 5.74) is 6.63. The molecule has 10 heteroatoms. The van der Waals surface area contributed by atoms with E-state index in [0.717, 1.165) is 22.8 Å². The molecular weight excluding hydrogens is 442 g/mol. The number of methoxy groups -OCH3 is 1. The highest BCUT2D eigenvalue weighted by Crippen LogP contribution is 2.24. The maximum Gasteiger partial charge on any atom is 0.305 e. The minimum Gasteiger partial charge on any atom is -0.497 e. The minimum absolute atomic E-state index is 0.0337. The monoisotopic (exact) mass is 463 g/mol. The van der Waals surface area contributed by atoms with Crippen LogP contribution in [0.25, 0.3) is 5.69 Å². The van der Waals surface area contributed by atoms with Crippen LogP contribution in [0.1, 0.15) is 21.9 Å². The summed E-state index contributed by atoms with van der Waals surface area (Å²) < 4.78 is 12.1. The van der Waals surface area contributed by atoms with Crippen molar-refractivity contribution in [1.29, 1.82) is 0 Å². The lowest BCUT2D eigenvalue weighted by Gasteiger charge is -2.11. The number of hydrogen-bond donors (Lipinski definition) is 2. The Labute approximate surface area is 194 Å². The number of carbonyl (C=O) groups is 2. The minimum atomic E-state index is -0.535. The van der Waals surface area contributed by atoms with Gasteiger partial charge in [0.1, 0.15) is 11.6 Å². The molecule has 4 aromatic rings. The number of hydrazine groups is 1. The first-order valence-corrected chi connectivity index (χ1v) is 11.0. The maximum absolute atomic E-state index is 12.2. The van der Waals surface area contributed by atoms with Gasteiger partial charge in [0.05, 0.1) is 19.1 Å². The van der Waals surface area contributed by atoms with E-state index in [4.69, 9.17) is 9.15 Å². The van der Waals surface area contributed by atoms with Crippen LogP contribution in [0, 0.1) is 0 Å². The van der Waals surface area contributed by atoms with Gasteiger partial charge < -0.3 is 9.15 Å². The highest BCUT2D eigenvalue weighted by Gasteiger charge is 2.17. The van der Waals surface area contributed by atoms with Gasteiger partial charge in [-0.15, -0.1) is 10.2 Å². The van der Waals surface area contributed by atoms with Crippen LogP contribution in [0.15, 0.2) is 82.6 Å². The molecule has 0 aliphatic heterocycles. The van der Waals surface area contributed by atoms with Gasteiger partial charge in [0, 0.05) is 12.1 Å². The van der Waals surface area contributed by atoms with Crippen molar-refractivity contribution in [2.24, 2.45) is 0 Å². The second-order valence-electron chi connectivity index (χ2n) is 6.86. The molecule has 0 aliphatic rings. The number of rotatable bonds is 8. The van der Waals surface area contributed by atoms with Crippen LogP contribution in [-0.2, 0) is 11.2 Å². The number of nitrogens with one attached hydrogen (secondary N) is 2. The Kier molecular flexibility index (Phi) is 7.06. The lowest BCUT2D eigenvalue weighted by molar-refractivity contribution is -0.119. The molecule has 0 radical (unpaired) electrons. The normalized spacial score (nSPS) is 10.6. The molecular formula is C23H21N5O4S. The van der Waals surface area contributed by atoms with Crippen molar-refractivity contribution >= 4 is 23.6 Å². The summed E-state index contributed by atoms with van der Waals surface area (Å²) in [7, 11) is 1.63. The summed E-state index contributed by atoms with van der Waals surface area (Å²) in [5, 5.41) is 9.23. The quantitative estimate of drug-likeness (QED) is 0.305. The Morgan fingerprint density at radius 1 is 1.00 bits per heavy atom. The lowest BCUT2D eigenvalue weighted by atomic mass is 10.1. The van der Waals surface area contributed by atoms with Crippen molar-refractivity contribution < 1.29 is 18.7 Å². The van der Waals surface area contributed by atoms with Crippen molar-refractivity contribution in [3.8, 4) is 11.4 Å². The highest BCUT2D eigenvalue weighted by atomic mass is 32.2. The van der Waals surface area contributed by atoms with E-state index in [-0.39, 0.29) is 17.4 Å². The average Bonchev–Trinajstić information content (AvgIpc) is 3.53. The van der Waals surface area contributed by atoms with Crippen molar-refractivity contribution in [1.82, 2.24) is 25.6 Å². The molecule has 2 amide bonds. The SMILES string of the molecule is COc1ccc(Cc2nnc(SCC(=O)NNC(=O)c3ccco3)n2-c2ccccc2)cc1. The summed E-state index contributed by atoms with van der Waals surface area (Å²) in [6.07, 6.45) is 1.93. The molecule has 0 fully saturated rings. The zero-order valence-electron chi connectivity index (χ0n) is 17.7. The molecule has 0 spiro atoms. The van der Waals surface area contributed by atoms with E-state index < -0.39 is 5.91 Å². The number of hydrogen-bond acceptors (Lipinski definition) is 7. The molecule has 0 atom stereocenters. The van der Waals surface area contributed by atoms with Gasteiger partial charge in [0.15, 0.2) is 10.9 Å². The van der Waals surface area contributed by atoms with Crippen LogP contribution in [0.4, 0.5) is 0 Å². The van der Waals surface area contributed by atoms with Gasteiger partial charge in [-0.2, -0.15) is 0 Å². The third-order valence-electron chi connectivity index (χ3n) is 4.63. The van der Waals surface area contributed by atoms with Crippen LogP contribution < -0.4 is 15.6 Å². The van der Waals surface area contributed by atoms with E-state index in [2.05, 4.69) is 21.0 Å². The van der Waals surface area contributed by atoms with Crippen LogP contribution in [-0.4, -0.2) is 39.4 Å². The molecule has 9 nitrogen and oxygen atoms in total. The average molecular weight is 464 g/mol. The molecule has 2 N–H and O–H groups in total. The summed E-state index contributed by atoms with van der Waals surface area (Å²) in [5.74, 6) is 0.734. The molecule has 0 unspecified atom stereocenters. The second kappa shape index (κ2) is 10.5. The summed E-state index contributed by atoms with van der Waals surface area (Å²) in [6.45, 7) is 0. The highest BCUT2D eigenvalue weighted by molar-refractivity contribution is 7.99. The number of benzene rings is 2. The fourth-order valence-electron chi connectivity index (χ4n) is 3.03. The standard InChI is InChI=1S/C23H21N5O4S/c1-31-18-11-9-16(10-12-18)14-20-24-27-23(28(20)17-6-3-2-4-7-17)33-15-21(29)25-26-22(30)19-8-5-13-32-19/h2-13H,14-15H2,1H3,(H,25,29)(H,26,30). The molecule has 0 bridgehead atoms. The third-order valence-corrected chi connectivity index (χ3v) is 5.56. The number of aromatic nitrogens is 3. The number of ether oxygens (including phenoxy) is 1. The molecule has 2 aromatic heterocycles. The summed E-state index contributed by atoms with van der Waals surface area (Å²) >= 11 is 1.22. The molecule has 2 aromatic carbocycles. The Bertz CT molecular complexity index is 1210. The van der Waals surface area contributed by atoms with Gasteiger partial charge in [-0.05, 0) is 42.0 Å². The number of para-hydroxylation sites is 1. The third kappa shape index (κ3) is 5.60. The van der Waals surface area contributed by atoms with Crippen molar-refractivity contribution in [2.75, 3.05) is 12.9 Å². The first-order valence-electron chi connectivity index (χ1n) is 10.0. The number of carbonyl (C=O) groups excluding carboxylic acids is 2. The van der Waals surface area contributed by atoms with Crippen molar-refractivity contribution in [3.63, 3.8) is 0 Å². The second-order valence-corrected chi connectivity index (χ2v) is 7.81. The number of nitrogens with zero attached hydrogens (tertiary/aromatic N) is 3. The number of thioether (sulfide) groups is 1. The van der Waals surface area contributed by atoms with Gasteiger partial charge in [-0.3, -0.25) is 25.0 Å². The van der Waals surface area contributed by atoms with E-state index in [1.54, 1.807) is 13.2 Å². The molecule has 4 rings (SSSR count). The Morgan fingerprint density at radius 2 is 1.79 bits per heavy atom. The summed E-state index contributed by atoms with van der Waals surface area (Å²) in [4.78, 5) is 24.1. The van der Waals surface area contributed by atoms with Gasteiger partial charge in [0.2, 0.25) is 5.91 Å². The molecule has 0 saturated heterocycles. The largest absolute Gasteiger partial charge is 0.497 e. The molecule has 0 saturated carbocycles. The van der Waals surface area contributed by atoms with Crippen LogP contribution in [0.3, 0.4) is 0 Å². The maximum atomic E-state index is 12.2. The van der Waals surface area contributed by atoms with Gasteiger partial charge in [0.25, 0.3) is 0 Å². The van der Waals surface area contributed by atoms with Gasteiger partial charge in [-0.1, -0.05) is 42.1 Å². The predicted molar refractivity (Wildman–Crippen MR) is 122 cm³/mol. The first kappa shape index (κ1) is 22.2. The first-order chi connectivity index (χ1) is 16.1. The topological polar surface area (TPSA) is 111 Å². The molecule has 168 valence electrons. The Balaban J connectivity index is 1.45. The summed E-state index contributed by atoms with van der Waals surface area (Å²) in [6, 6.07) is 20.5. The zero-order valence-corrected chi connectivity index (χ0v) is 18.5. The predicted octanol–water partition coefficient (Wildman–Crippen LogP) is 3.01. The van der Waals surface area contributed by atoms with Crippen LogP contribution in [0.5, 0.6) is 5.75 Å². The number of amides is 2. The van der Waals surface area contributed by atoms with E-state index in [1.807, 2.05) is 59.2 Å². The fourth-order valence-corrected chi connectivity index (χ4v) is 3.80. The van der Waals surface area contributed by atoms with Crippen molar-refractivity contribution in [2.45, 2.75) is 11.6 Å². The van der Waals surface area contributed by atoms with E-state index in [0.29, 0.717) is 11.6 Å². The number of furan rings is 1. The van der Waals surface area contributed by atoms with E-state index in [1.165, 1.54) is 24.1 Å². The Hall–Kier alpha value is -4.05. The lowest BCUT2D eigenvalue weighted by Crippen LogP contribution is -2.42. The molecule has 2 heterocycles. The smallest absolute Gasteiger partial charge is 0.305 e. The van der Waals surface area contributed by atoms with E-state index >= 15 is 0 Å². The van der Waals surface area contributed by atoms with Gasteiger partial charge in [-0.25, -0.2) is 0 Å². The van der Waals surface area contributed by atoms with E-state index in [9.17, 15) is 9.59 Å². The zero-order chi connectivity index (χ0) is 23.0. The van der Waals surface area contributed by atoms with Gasteiger partial charge >= 0.3 is 5.91 Å². The molecule has 0 aliphatic carbocycles. The Morgan fingerprint density at radius 3 is 2.48 bits per heavy atom. The fraction of sp³-hybridized carbons (Fsp3) is 0.130. The van der Waals surface area contributed by atoms with Crippen LogP contribution in [0.2, 0.25) is 0 Å².